The fourth-order valence-electron chi connectivity index (χ4n) is 4.40. The summed E-state index contributed by atoms with van der Waals surface area (Å²) in [5.41, 5.74) is 2.62. The number of pyridine rings is 1. The van der Waals surface area contributed by atoms with Gasteiger partial charge in [0.1, 0.15) is 0 Å². The molecule has 2 fully saturated rings. The molecular weight excluding hydrogens is 471 g/mol. The van der Waals surface area contributed by atoms with E-state index in [0.717, 1.165) is 37.7 Å². The summed E-state index contributed by atoms with van der Waals surface area (Å²) in [5, 5.41) is 7.92. The summed E-state index contributed by atoms with van der Waals surface area (Å²) in [6.45, 7) is 6.24. The predicted molar refractivity (Wildman–Crippen MR) is 124 cm³/mol. The average Bonchev–Trinajstić information content (AvgIpc) is 2.82. The maximum atomic E-state index is 10.6. The molecule has 1 N–H and O–H groups in total. The maximum absolute atomic E-state index is 10.6. The number of carboxylic acids is 1. The number of alkyl halides is 3. The maximum Gasteiger partial charge on any atom is 0.490 e. The molecule has 0 radical (unpaired) electrons. The van der Waals surface area contributed by atoms with Crippen LogP contribution in [0, 0.1) is 0 Å². The Morgan fingerprint density at radius 3 is 2.29 bits per heavy atom. The molecule has 0 unspecified atom stereocenters. The number of nitrogens with zero attached hydrogens (tertiary/aromatic N) is 3. The van der Waals surface area contributed by atoms with Crippen LogP contribution in [-0.2, 0) is 16.0 Å². The number of hydrogen-bond acceptors (Lipinski definition) is 5. The van der Waals surface area contributed by atoms with Crippen molar-refractivity contribution >= 4 is 23.3 Å². The van der Waals surface area contributed by atoms with Crippen molar-refractivity contribution in [3.63, 3.8) is 0 Å². The van der Waals surface area contributed by atoms with Crippen LogP contribution in [-0.4, -0.2) is 71.6 Å². The lowest BCUT2D eigenvalue weighted by atomic mass is 9.96. The number of hydrogen-bond donors (Lipinski definition) is 1. The Bertz CT molecular complexity index is 907. The third-order valence-electron chi connectivity index (χ3n) is 6.10. The lowest BCUT2D eigenvalue weighted by molar-refractivity contribution is -0.192. The van der Waals surface area contributed by atoms with Gasteiger partial charge in [-0.25, -0.2) is 4.79 Å². The second-order valence-electron chi connectivity index (χ2n) is 8.55. The molecule has 0 saturated carbocycles. The van der Waals surface area contributed by atoms with Crippen molar-refractivity contribution in [2.45, 2.75) is 50.6 Å². The molecule has 1 aromatic carbocycles. The summed E-state index contributed by atoms with van der Waals surface area (Å²) >= 11 is 6.04. The number of benzene rings is 1. The number of piperidine rings is 1. The molecule has 4 rings (SSSR count). The monoisotopic (exact) mass is 499 g/mol. The standard InChI is InChI=1S/C22H28ClN3O.C2HF3O2/c1-17-15-26(22(16-27-17)14-18-2-4-19(23)5-3-18)21-8-12-25(13-9-21)20-6-10-24-11-7-20;3-2(4,5)1(6)7/h2-7,10-11,17,21-22H,8-9,12-16H2,1H3;(H,6,7)/t17-,22-;/m0./s1. The second kappa shape index (κ2) is 11.9. The molecular formula is C24H29ClF3N3O3. The Hall–Kier alpha value is -2.36. The normalized spacial score (nSPS) is 22.1. The number of aliphatic carboxylic acids is 1. The van der Waals surface area contributed by atoms with Gasteiger partial charge in [0.2, 0.25) is 0 Å². The highest BCUT2D eigenvalue weighted by atomic mass is 35.5. The first-order chi connectivity index (χ1) is 16.1. The molecule has 2 aromatic rings. The highest BCUT2D eigenvalue weighted by molar-refractivity contribution is 6.30. The number of halogens is 4. The fourth-order valence-corrected chi connectivity index (χ4v) is 4.52. The van der Waals surface area contributed by atoms with Crippen LogP contribution < -0.4 is 4.90 Å². The highest BCUT2D eigenvalue weighted by Crippen LogP contribution is 2.27. The summed E-state index contributed by atoms with van der Waals surface area (Å²) in [6, 6.07) is 13.6. The molecule has 186 valence electrons. The Morgan fingerprint density at radius 1 is 1.15 bits per heavy atom. The molecule has 0 bridgehead atoms. The van der Waals surface area contributed by atoms with Crippen molar-refractivity contribution in [2.75, 3.05) is 31.1 Å². The number of aromatic nitrogens is 1. The molecule has 1 aromatic heterocycles. The Labute approximate surface area is 202 Å². The van der Waals surface area contributed by atoms with Crippen LogP contribution in [0.1, 0.15) is 25.3 Å². The molecule has 0 spiro atoms. The summed E-state index contributed by atoms with van der Waals surface area (Å²) in [5.74, 6) is -2.76. The number of morpholine rings is 1. The molecule has 34 heavy (non-hydrogen) atoms. The number of rotatable bonds is 4. The van der Waals surface area contributed by atoms with Crippen LogP contribution in [0.4, 0.5) is 18.9 Å². The second-order valence-corrected chi connectivity index (χ2v) is 8.99. The quantitative estimate of drug-likeness (QED) is 0.659. The van der Waals surface area contributed by atoms with Gasteiger partial charge in [-0.1, -0.05) is 23.7 Å². The zero-order valence-corrected chi connectivity index (χ0v) is 19.7. The molecule has 2 aliphatic rings. The van der Waals surface area contributed by atoms with Crippen molar-refractivity contribution in [3.8, 4) is 0 Å². The van der Waals surface area contributed by atoms with Crippen LogP contribution in [0.3, 0.4) is 0 Å². The van der Waals surface area contributed by atoms with Gasteiger partial charge in [-0.3, -0.25) is 9.88 Å². The van der Waals surface area contributed by atoms with E-state index in [1.54, 1.807) is 0 Å². The Morgan fingerprint density at radius 2 is 1.74 bits per heavy atom. The molecule has 3 heterocycles. The number of anilines is 1. The summed E-state index contributed by atoms with van der Waals surface area (Å²) in [4.78, 5) is 18.2. The van der Waals surface area contributed by atoms with E-state index in [0.29, 0.717) is 18.2 Å². The van der Waals surface area contributed by atoms with Crippen molar-refractivity contribution in [1.29, 1.82) is 0 Å². The minimum Gasteiger partial charge on any atom is -0.475 e. The smallest absolute Gasteiger partial charge is 0.475 e. The van der Waals surface area contributed by atoms with Gasteiger partial charge in [0.15, 0.2) is 0 Å². The molecule has 0 amide bonds. The van der Waals surface area contributed by atoms with Crippen LogP contribution in [0.2, 0.25) is 5.02 Å². The molecule has 2 atom stereocenters. The first-order valence-corrected chi connectivity index (χ1v) is 11.6. The SMILES string of the molecule is C[C@H]1CN(C2CCN(c3ccncc3)CC2)[C@@H](Cc2ccc(Cl)cc2)CO1.O=C(O)C(F)(F)F. The van der Waals surface area contributed by atoms with Crippen LogP contribution in [0.25, 0.3) is 0 Å². The minimum atomic E-state index is -5.08. The number of carboxylic acid groups (broad SMARTS) is 1. The predicted octanol–water partition coefficient (Wildman–Crippen LogP) is 4.67. The van der Waals surface area contributed by atoms with Gasteiger partial charge in [0.05, 0.1) is 12.7 Å². The van der Waals surface area contributed by atoms with E-state index >= 15 is 0 Å². The minimum absolute atomic E-state index is 0.310. The van der Waals surface area contributed by atoms with Gasteiger partial charge in [-0.05, 0) is 56.0 Å². The van der Waals surface area contributed by atoms with Gasteiger partial charge < -0.3 is 14.7 Å². The van der Waals surface area contributed by atoms with Gasteiger partial charge in [0.25, 0.3) is 0 Å². The molecule has 6 nitrogen and oxygen atoms in total. The third kappa shape index (κ3) is 7.58. The van der Waals surface area contributed by atoms with E-state index in [-0.39, 0.29) is 0 Å². The number of carbonyl (C=O) groups is 1. The summed E-state index contributed by atoms with van der Waals surface area (Å²) in [6.07, 6.45) is 2.41. The molecule has 2 saturated heterocycles. The lowest BCUT2D eigenvalue weighted by Gasteiger charge is -2.46. The first kappa shape index (κ1) is 26.2. The zero-order chi connectivity index (χ0) is 24.7. The fraction of sp³-hybridized carbons (Fsp3) is 0.500. The summed E-state index contributed by atoms with van der Waals surface area (Å²) < 4.78 is 37.7. The molecule has 10 heteroatoms. The van der Waals surface area contributed by atoms with Gasteiger partial charge in [0, 0.05) is 54.8 Å². The van der Waals surface area contributed by atoms with Gasteiger partial charge in [-0.15, -0.1) is 0 Å². The first-order valence-electron chi connectivity index (χ1n) is 11.2. The van der Waals surface area contributed by atoms with Crippen molar-refractivity contribution in [2.24, 2.45) is 0 Å². The van der Waals surface area contributed by atoms with E-state index in [1.807, 2.05) is 24.5 Å². The zero-order valence-electron chi connectivity index (χ0n) is 18.9. The number of ether oxygens (including phenoxy) is 1. The van der Waals surface area contributed by atoms with E-state index in [4.69, 9.17) is 26.2 Å². The van der Waals surface area contributed by atoms with Crippen molar-refractivity contribution in [3.05, 3.63) is 59.4 Å². The Kier molecular flexibility index (Phi) is 9.16. The van der Waals surface area contributed by atoms with Crippen molar-refractivity contribution in [1.82, 2.24) is 9.88 Å². The lowest BCUT2D eigenvalue weighted by Crippen LogP contribution is -2.56. The van der Waals surface area contributed by atoms with E-state index < -0.39 is 12.1 Å². The van der Waals surface area contributed by atoms with Gasteiger partial charge >= 0.3 is 12.1 Å². The largest absolute Gasteiger partial charge is 0.490 e. The van der Waals surface area contributed by atoms with Crippen LogP contribution in [0.15, 0.2) is 48.8 Å². The summed E-state index contributed by atoms with van der Waals surface area (Å²) in [7, 11) is 0. The van der Waals surface area contributed by atoms with Crippen molar-refractivity contribution < 1.29 is 27.8 Å². The highest BCUT2D eigenvalue weighted by Gasteiger charge is 2.38. The topological polar surface area (TPSA) is 65.9 Å². The van der Waals surface area contributed by atoms with E-state index in [9.17, 15) is 13.2 Å². The molecule has 0 aliphatic carbocycles. The van der Waals surface area contributed by atoms with E-state index in [2.05, 4.69) is 46.0 Å². The van der Waals surface area contributed by atoms with Crippen LogP contribution in [0.5, 0.6) is 0 Å². The average molecular weight is 500 g/mol. The van der Waals surface area contributed by atoms with Gasteiger partial charge in [-0.2, -0.15) is 13.2 Å². The third-order valence-corrected chi connectivity index (χ3v) is 6.35. The van der Waals surface area contributed by atoms with E-state index in [1.165, 1.54) is 24.1 Å². The molecule has 2 aliphatic heterocycles. The Balaban J connectivity index is 0.000000406. The van der Waals surface area contributed by atoms with Crippen LogP contribution >= 0.6 is 11.6 Å².